The third kappa shape index (κ3) is 3.81. The number of benzene rings is 1. The van der Waals surface area contributed by atoms with Crippen molar-refractivity contribution in [3.8, 4) is 5.75 Å². The molecule has 0 N–H and O–H groups in total. The van der Waals surface area contributed by atoms with Crippen molar-refractivity contribution in [1.82, 2.24) is 15.0 Å². The van der Waals surface area contributed by atoms with Crippen molar-refractivity contribution in [2.24, 2.45) is 0 Å². The third-order valence-corrected chi connectivity index (χ3v) is 2.99. The number of aromatic nitrogens is 2. The summed E-state index contributed by atoms with van der Waals surface area (Å²) in [5.41, 5.74) is 1.19. The molecule has 1 heterocycles. The smallest absolute Gasteiger partial charge is 0.240 e. The van der Waals surface area contributed by atoms with E-state index in [-0.39, 0.29) is 5.92 Å². The van der Waals surface area contributed by atoms with Crippen LogP contribution in [-0.2, 0) is 13.1 Å². The van der Waals surface area contributed by atoms with Crippen molar-refractivity contribution in [3.63, 3.8) is 0 Å². The Kier molecular flexibility index (Phi) is 4.74. The van der Waals surface area contributed by atoms with Crippen LogP contribution >= 0.6 is 0 Å². The second-order valence-electron chi connectivity index (χ2n) is 5.22. The monoisotopic (exact) mass is 275 g/mol. The Labute approximate surface area is 119 Å². The molecule has 0 bridgehead atoms. The summed E-state index contributed by atoms with van der Waals surface area (Å²) >= 11 is 0. The predicted octanol–water partition coefficient (Wildman–Crippen LogP) is 2.83. The van der Waals surface area contributed by atoms with Crippen LogP contribution in [0.5, 0.6) is 5.75 Å². The van der Waals surface area contributed by atoms with Crippen molar-refractivity contribution in [3.05, 3.63) is 41.5 Å². The van der Waals surface area contributed by atoms with Gasteiger partial charge in [-0.2, -0.15) is 4.98 Å². The summed E-state index contributed by atoms with van der Waals surface area (Å²) in [7, 11) is 3.70. The second kappa shape index (κ2) is 6.52. The van der Waals surface area contributed by atoms with E-state index in [1.54, 1.807) is 7.11 Å². The Morgan fingerprint density at radius 1 is 1.30 bits per heavy atom. The molecule has 0 saturated heterocycles. The summed E-state index contributed by atoms with van der Waals surface area (Å²) in [6, 6.07) is 8.04. The zero-order chi connectivity index (χ0) is 14.5. The maximum absolute atomic E-state index is 5.25. The van der Waals surface area contributed by atoms with Crippen LogP contribution in [-0.4, -0.2) is 29.2 Å². The number of rotatable bonds is 6. The van der Waals surface area contributed by atoms with Crippen LogP contribution in [0.2, 0.25) is 0 Å². The van der Waals surface area contributed by atoms with Gasteiger partial charge < -0.3 is 9.26 Å². The van der Waals surface area contributed by atoms with Crippen LogP contribution in [0.15, 0.2) is 28.8 Å². The first-order valence-electron chi connectivity index (χ1n) is 6.72. The molecule has 2 rings (SSSR count). The van der Waals surface area contributed by atoms with E-state index in [9.17, 15) is 0 Å². The molecule has 0 radical (unpaired) electrons. The lowest BCUT2D eigenvalue weighted by Crippen LogP contribution is -2.17. The number of hydrogen-bond acceptors (Lipinski definition) is 5. The summed E-state index contributed by atoms with van der Waals surface area (Å²) in [5.74, 6) is 2.57. The van der Waals surface area contributed by atoms with Crippen molar-refractivity contribution in [1.29, 1.82) is 0 Å². The fourth-order valence-corrected chi connectivity index (χ4v) is 1.94. The second-order valence-corrected chi connectivity index (χ2v) is 5.22. The Morgan fingerprint density at radius 2 is 2.10 bits per heavy atom. The minimum Gasteiger partial charge on any atom is -0.497 e. The van der Waals surface area contributed by atoms with Crippen LogP contribution in [0.4, 0.5) is 0 Å². The number of nitrogens with zero attached hydrogens (tertiary/aromatic N) is 3. The SMILES string of the molecule is COc1cccc(CN(C)Cc2nc(C(C)C)no2)c1. The molecule has 0 atom stereocenters. The highest BCUT2D eigenvalue weighted by Gasteiger charge is 2.11. The van der Waals surface area contributed by atoms with Gasteiger partial charge in [0.15, 0.2) is 5.82 Å². The maximum atomic E-state index is 5.25. The summed E-state index contributed by atoms with van der Waals surface area (Å²) in [4.78, 5) is 6.51. The van der Waals surface area contributed by atoms with E-state index >= 15 is 0 Å². The van der Waals surface area contributed by atoms with Gasteiger partial charge >= 0.3 is 0 Å². The first kappa shape index (κ1) is 14.5. The molecule has 5 heteroatoms. The molecule has 0 aliphatic carbocycles. The molecular formula is C15H21N3O2. The molecule has 5 nitrogen and oxygen atoms in total. The van der Waals surface area contributed by atoms with Gasteiger partial charge in [0.2, 0.25) is 5.89 Å². The van der Waals surface area contributed by atoms with Crippen molar-refractivity contribution in [2.75, 3.05) is 14.2 Å². The van der Waals surface area contributed by atoms with E-state index < -0.39 is 0 Å². The first-order chi connectivity index (χ1) is 9.58. The Morgan fingerprint density at radius 3 is 2.75 bits per heavy atom. The molecule has 0 fully saturated rings. The largest absolute Gasteiger partial charge is 0.497 e. The van der Waals surface area contributed by atoms with Crippen LogP contribution in [0.3, 0.4) is 0 Å². The van der Waals surface area contributed by atoms with Crippen molar-refractivity contribution in [2.45, 2.75) is 32.9 Å². The third-order valence-electron chi connectivity index (χ3n) is 2.99. The van der Waals surface area contributed by atoms with Crippen LogP contribution < -0.4 is 4.74 Å². The van der Waals surface area contributed by atoms with Gasteiger partial charge in [-0.3, -0.25) is 4.90 Å². The zero-order valence-electron chi connectivity index (χ0n) is 12.5. The molecule has 108 valence electrons. The lowest BCUT2D eigenvalue weighted by Gasteiger charge is -2.14. The van der Waals surface area contributed by atoms with Crippen LogP contribution in [0.1, 0.15) is 37.0 Å². The van der Waals surface area contributed by atoms with E-state index in [1.165, 1.54) is 5.56 Å². The van der Waals surface area contributed by atoms with Crippen molar-refractivity contribution < 1.29 is 9.26 Å². The Bertz CT molecular complexity index is 552. The van der Waals surface area contributed by atoms with Gasteiger partial charge in [-0.25, -0.2) is 0 Å². The first-order valence-corrected chi connectivity index (χ1v) is 6.72. The fourth-order valence-electron chi connectivity index (χ4n) is 1.94. The summed E-state index contributed by atoms with van der Waals surface area (Å²) in [6.45, 7) is 5.54. The quantitative estimate of drug-likeness (QED) is 0.811. The Hall–Kier alpha value is -1.88. The molecule has 1 aromatic heterocycles. The minimum absolute atomic E-state index is 0.288. The molecule has 0 amide bonds. The number of methoxy groups -OCH3 is 1. The normalized spacial score (nSPS) is 11.3. The fraction of sp³-hybridized carbons (Fsp3) is 0.467. The molecular weight excluding hydrogens is 254 g/mol. The van der Waals surface area contributed by atoms with Gasteiger partial charge in [-0.05, 0) is 24.7 Å². The van der Waals surface area contributed by atoms with E-state index in [1.807, 2.05) is 25.2 Å². The van der Waals surface area contributed by atoms with Gasteiger partial charge in [0, 0.05) is 12.5 Å². The average molecular weight is 275 g/mol. The zero-order valence-corrected chi connectivity index (χ0v) is 12.5. The van der Waals surface area contributed by atoms with E-state index in [0.29, 0.717) is 12.4 Å². The van der Waals surface area contributed by atoms with Gasteiger partial charge in [-0.1, -0.05) is 31.1 Å². The highest BCUT2D eigenvalue weighted by atomic mass is 16.5. The van der Waals surface area contributed by atoms with Gasteiger partial charge in [0.1, 0.15) is 5.75 Å². The summed E-state index contributed by atoms with van der Waals surface area (Å²) in [5, 5.41) is 3.97. The Balaban J connectivity index is 1.95. The van der Waals surface area contributed by atoms with E-state index in [4.69, 9.17) is 9.26 Å². The van der Waals surface area contributed by atoms with Gasteiger partial charge in [0.05, 0.1) is 13.7 Å². The summed E-state index contributed by atoms with van der Waals surface area (Å²) < 4.78 is 10.5. The standard InChI is InChI=1S/C15H21N3O2/c1-11(2)15-16-14(20-17-15)10-18(3)9-12-6-5-7-13(8-12)19-4/h5-8,11H,9-10H2,1-4H3. The predicted molar refractivity (Wildman–Crippen MR) is 76.6 cm³/mol. The molecule has 0 aliphatic heterocycles. The molecule has 0 aliphatic rings. The molecule has 0 saturated carbocycles. The van der Waals surface area contributed by atoms with Gasteiger partial charge in [-0.15, -0.1) is 0 Å². The topological polar surface area (TPSA) is 51.4 Å². The molecule has 0 spiro atoms. The van der Waals surface area contributed by atoms with Crippen LogP contribution in [0.25, 0.3) is 0 Å². The van der Waals surface area contributed by atoms with Crippen molar-refractivity contribution >= 4 is 0 Å². The number of ether oxygens (including phenoxy) is 1. The van der Waals surface area contributed by atoms with E-state index in [0.717, 1.165) is 18.1 Å². The molecule has 20 heavy (non-hydrogen) atoms. The van der Waals surface area contributed by atoms with E-state index in [2.05, 4.69) is 35.0 Å². The molecule has 0 unspecified atom stereocenters. The maximum Gasteiger partial charge on any atom is 0.240 e. The lowest BCUT2D eigenvalue weighted by atomic mass is 10.2. The molecule has 2 aromatic rings. The highest BCUT2D eigenvalue weighted by Crippen LogP contribution is 2.15. The average Bonchev–Trinajstić information content (AvgIpc) is 2.87. The molecule has 1 aromatic carbocycles. The lowest BCUT2D eigenvalue weighted by molar-refractivity contribution is 0.260. The number of hydrogen-bond donors (Lipinski definition) is 0. The highest BCUT2D eigenvalue weighted by molar-refractivity contribution is 5.28. The van der Waals surface area contributed by atoms with Crippen LogP contribution in [0, 0.1) is 0 Å². The minimum atomic E-state index is 0.288. The summed E-state index contributed by atoms with van der Waals surface area (Å²) in [6.07, 6.45) is 0. The van der Waals surface area contributed by atoms with Gasteiger partial charge in [0.25, 0.3) is 0 Å².